The van der Waals surface area contributed by atoms with Crippen LogP contribution in [-0.2, 0) is 17.4 Å². The molecule has 0 aliphatic heterocycles. The summed E-state index contributed by atoms with van der Waals surface area (Å²) in [6.07, 6.45) is -4.54. The molecule has 0 saturated heterocycles. The lowest BCUT2D eigenvalue weighted by Gasteiger charge is -2.26. The third kappa shape index (κ3) is 5.72. The van der Waals surface area contributed by atoms with Gasteiger partial charge in [-0.2, -0.15) is 13.2 Å². The third-order valence-corrected chi connectivity index (χ3v) is 4.23. The lowest BCUT2D eigenvalue weighted by atomic mass is 10.0. The van der Waals surface area contributed by atoms with Crippen LogP contribution in [0.2, 0.25) is 0 Å². The van der Waals surface area contributed by atoms with Gasteiger partial charge in [-0.15, -0.1) is 0 Å². The molecule has 4 nitrogen and oxygen atoms in total. The molecule has 0 heterocycles. The summed E-state index contributed by atoms with van der Waals surface area (Å²) in [5.41, 5.74) is 0.485. The second kappa shape index (κ2) is 8.90. The SMILES string of the molecule is COc1ccccc1C(CNC(=O)Cc1cccc(C(F)(F)F)c1)N(C)C. The summed E-state index contributed by atoms with van der Waals surface area (Å²) in [6.45, 7) is 0.311. The Bertz CT molecular complexity index is 776. The van der Waals surface area contributed by atoms with E-state index in [-0.39, 0.29) is 18.4 Å². The normalized spacial score (nSPS) is 12.7. The number of rotatable bonds is 7. The van der Waals surface area contributed by atoms with Crippen LogP contribution in [0, 0.1) is 0 Å². The first-order valence-electron chi connectivity index (χ1n) is 8.44. The topological polar surface area (TPSA) is 41.6 Å². The monoisotopic (exact) mass is 380 g/mol. The third-order valence-electron chi connectivity index (χ3n) is 4.23. The van der Waals surface area contributed by atoms with Crippen LogP contribution in [0.1, 0.15) is 22.7 Å². The van der Waals surface area contributed by atoms with E-state index in [0.717, 1.165) is 17.7 Å². The van der Waals surface area contributed by atoms with Gasteiger partial charge in [-0.3, -0.25) is 4.79 Å². The fraction of sp³-hybridized carbons (Fsp3) is 0.350. The molecule has 7 heteroatoms. The number of carbonyl (C=O) groups excluding carboxylic acids is 1. The molecule has 0 spiro atoms. The number of nitrogens with zero attached hydrogens (tertiary/aromatic N) is 1. The van der Waals surface area contributed by atoms with Gasteiger partial charge >= 0.3 is 6.18 Å². The van der Waals surface area contributed by atoms with E-state index in [2.05, 4.69) is 5.32 Å². The summed E-state index contributed by atoms with van der Waals surface area (Å²) in [6, 6.07) is 12.2. The maximum absolute atomic E-state index is 12.8. The van der Waals surface area contributed by atoms with Crippen molar-refractivity contribution in [2.45, 2.75) is 18.6 Å². The van der Waals surface area contributed by atoms with Crippen LogP contribution in [-0.4, -0.2) is 38.6 Å². The van der Waals surface area contributed by atoms with E-state index in [1.165, 1.54) is 12.1 Å². The number of alkyl halides is 3. The highest BCUT2D eigenvalue weighted by molar-refractivity contribution is 5.78. The average Bonchev–Trinajstić information content (AvgIpc) is 2.61. The summed E-state index contributed by atoms with van der Waals surface area (Å²) >= 11 is 0. The number of hydrogen-bond acceptors (Lipinski definition) is 3. The smallest absolute Gasteiger partial charge is 0.416 e. The second-order valence-electron chi connectivity index (χ2n) is 6.40. The molecule has 1 atom stereocenters. The van der Waals surface area contributed by atoms with Gasteiger partial charge in [-0.25, -0.2) is 0 Å². The summed E-state index contributed by atoms with van der Waals surface area (Å²) < 4.78 is 43.7. The Labute approximate surface area is 156 Å². The van der Waals surface area contributed by atoms with E-state index in [1.54, 1.807) is 7.11 Å². The van der Waals surface area contributed by atoms with E-state index in [0.29, 0.717) is 17.9 Å². The van der Waals surface area contributed by atoms with E-state index >= 15 is 0 Å². The standard InChI is InChI=1S/C20H23F3N2O2/c1-25(2)17(16-9-4-5-10-18(16)27-3)13-24-19(26)12-14-7-6-8-15(11-14)20(21,22)23/h4-11,17H,12-13H2,1-3H3,(H,24,26). The molecule has 0 aliphatic carbocycles. The Morgan fingerprint density at radius 2 is 1.85 bits per heavy atom. The molecular formula is C20H23F3N2O2. The van der Waals surface area contributed by atoms with Crippen LogP contribution in [0.3, 0.4) is 0 Å². The minimum absolute atomic E-state index is 0.115. The number of ether oxygens (including phenoxy) is 1. The maximum Gasteiger partial charge on any atom is 0.416 e. The second-order valence-corrected chi connectivity index (χ2v) is 6.40. The number of halogens is 3. The van der Waals surface area contributed by atoms with E-state index < -0.39 is 11.7 Å². The van der Waals surface area contributed by atoms with Crippen LogP contribution in [0.4, 0.5) is 13.2 Å². The number of likely N-dealkylation sites (N-methyl/N-ethyl adjacent to an activating group) is 1. The van der Waals surface area contributed by atoms with Crippen molar-refractivity contribution < 1.29 is 22.7 Å². The molecule has 0 fully saturated rings. The molecule has 0 bridgehead atoms. The van der Waals surface area contributed by atoms with E-state index in [9.17, 15) is 18.0 Å². The molecule has 27 heavy (non-hydrogen) atoms. The number of carbonyl (C=O) groups is 1. The van der Waals surface area contributed by atoms with Crippen molar-refractivity contribution in [3.63, 3.8) is 0 Å². The first kappa shape index (κ1) is 20.8. The van der Waals surface area contributed by atoms with Gasteiger partial charge in [0, 0.05) is 12.1 Å². The van der Waals surface area contributed by atoms with Crippen molar-refractivity contribution in [1.29, 1.82) is 0 Å². The number of amides is 1. The van der Waals surface area contributed by atoms with Crippen LogP contribution in [0.15, 0.2) is 48.5 Å². The maximum atomic E-state index is 12.8. The molecule has 2 aromatic rings. The van der Waals surface area contributed by atoms with Gasteiger partial charge in [-0.05, 0) is 31.8 Å². The molecule has 0 saturated carbocycles. The zero-order valence-electron chi connectivity index (χ0n) is 15.5. The zero-order valence-corrected chi connectivity index (χ0v) is 15.5. The van der Waals surface area contributed by atoms with Gasteiger partial charge in [0.05, 0.1) is 25.1 Å². The summed E-state index contributed by atoms with van der Waals surface area (Å²) in [4.78, 5) is 14.2. The van der Waals surface area contributed by atoms with E-state index in [1.807, 2.05) is 43.3 Å². The van der Waals surface area contributed by atoms with Gasteiger partial charge in [-0.1, -0.05) is 36.4 Å². The van der Waals surface area contributed by atoms with Gasteiger partial charge in [0.15, 0.2) is 0 Å². The van der Waals surface area contributed by atoms with Crippen molar-refractivity contribution in [3.8, 4) is 5.75 Å². The zero-order chi connectivity index (χ0) is 20.0. The minimum Gasteiger partial charge on any atom is -0.496 e. The summed E-state index contributed by atoms with van der Waals surface area (Å²) in [7, 11) is 5.35. The largest absolute Gasteiger partial charge is 0.496 e. The first-order chi connectivity index (χ1) is 12.7. The van der Waals surface area contributed by atoms with Gasteiger partial charge in [0.2, 0.25) is 5.91 Å². The average molecular weight is 380 g/mol. The Hall–Kier alpha value is -2.54. The fourth-order valence-corrected chi connectivity index (χ4v) is 2.83. The van der Waals surface area contributed by atoms with Crippen LogP contribution in [0.5, 0.6) is 5.75 Å². The number of hydrogen-bond donors (Lipinski definition) is 1. The summed E-state index contributed by atoms with van der Waals surface area (Å²) in [5.74, 6) is 0.374. The lowest BCUT2D eigenvalue weighted by molar-refractivity contribution is -0.137. The highest BCUT2D eigenvalue weighted by Gasteiger charge is 2.30. The van der Waals surface area contributed by atoms with Crippen molar-refractivity contribution in [1.82, 2.24) is 10.2 Å². The highest BCUT2D eigenvalue weighted by atomic mass is 19.4. The van der Waals surface area contributed by atoms with Crippen LogP contribution in [0.25, 0.3) is 0 Å². The van der Waals surface area contributed by atoms with Gasteiger partial charge < -0.3 is 15.0 Å². The number of nitrogens with one attached hydrogen (secondary N) is 1. The van der Waals surface area contributed by atoms with Crippen molar-refractivity contribution in [2.24, 2.45) is 0 Å². The Kier molecular flexibility index (Phi) is 6.85. The molecule has 146 valence electrons. The molecule has 1 unspecified atom stereocenters. The molecule has 0 radical (unpaired) electrons. The predicted molar refractivity (Wildman–Crippen MR) is 97.6 cm³/mol. The molecule has 0 aliphatic rings. The number of para-hydroxylation sites is 1. The molecule has 0 aromatic heterocycles. The molecular weight excluding hydrogens is 357 g/mol. The fourth-order valence-electron chi connectivity index (χ4n) is 2.83. The van der Waals surface area contributed by atoms with Crippen molar-refractivity contribution in [2.75, 3.05) is 27.7 Å². The number of methoxy groups -OCH3 is 1. The summed E-state index contributed by atoms with van der Waals surface area (Å²) in [5, 5.41) is 2.80. The highest BCUT2D eigenvalue weighted by Crippen LogP contribution is 2.30. The quantitative estimate of drug-likeness (QED) is 0.797. The van der Waals surface area contributed by atoms with Gasteiger partial charge in [0.25, 0.3) is 0 Å². The predicted octanol–water partition coefficient (Wildman–Crippen LogP) is 3.68. The van der Waals surface area contributed by atoms with Gasteiger partial charge in [0.1, 0.15) is 5.75 Å². The number of benzene rings is 2. The van der Waals surface area contributed by atoms with Crippen LogP contribution < -0.4 is 10.1 Å². The van der Waals surface area contributed by atoms with Crippen molar-refractivity contribution in [3.05, 3.63) is 65.2 Å². The first-order valence-corrected chi connectivity index (χ1v) is 8.44. The Morgan fingerprint density at radius 1 is 1.15 bits per heavy atom. The molecule has 2 aromatic carbocycles. The Balaban J connectivity index is 2.05. The van der Waals surface area contributed by atoms with Crippen LogP contribution >= 0.6 is 0 Å². The molecule has 1 amide bonds. The van der Waals surface area contributed by atoms with Crippen molar-refractivity contribution >= 4 is 5.91 Å². The molecule has 1 N–H and O–H groups in total. The van der Waals surface area contributed by atoms with E-state index in [4.69, 9.17) is 4.74 Å². The molecule has 2 rings (SSSR count). The lowest BCUT2D eigenvalue weighted by Crippen LogP contribution is -2.35. The minimum atomic E-state index is -4.42. The Morgan fingerprint density at radius 3 is 2.48 bits per heavy atom.